The molecule has 0 unspecified atom stereocenters. The SMILES string of the molecule is [C-]#[N+]C1=C([N+]#[C-])c2c(C#N)c3c(c(C#N)c2/C1=C(\C#N)[N+]#[C-])C(C#N)=C(C#N)/C3=C(\C#N)[N+]#[C-]. The summed E-state index contributed by atoms with van der Waals surface area (Å²) in [5.74, 6) is 0. The lowest BCUT2D eigenvalue weighted by Gasteiger charge is -2.16. The van der Waals surface area contributed by atoms with Crippen molar-refractivity contribution in [1.82, 2.24) is 0 Å². The van der Waals surface area contributed by atoms with E-state index in [4.69, 9.17) is 26.3 Å². The number of allylic oxidation sites excluding steroid dienone is 6. The molecule has 1 aromatic rings. The first-order valence-electron chi connectivity index (χ1n) is 8.63. The highest BCUT2D eigenvalue weighted by Gasteiger charge is 2.42. The second-order valence-corrected chi connectivity index (χ2v) is 6.26. The number of fused-ring (bicyclic) bond motifs is 2. The van der Waals surface area contributed by atoms with Crippen LogP contribution in [0.15, 0.2) is 22.7 Å². The molecule has 0 fully saturated rings. The molecule has 2 aliphatic rings. The highest BCUT2D eigenvalue weighted by atomic mass is 14.8. The van der Waals surface area contributed by atoms with Gasteiger partial charge in [-0.25, -0.2) is 25.1 Å². The molecule has 0 saturated heterocycles. The first kappa shape index (κ1) is 21.8. The minimum atomic E-state index is -0.616. The van der Waals surface area contributed by atoms with Crippen LogP contribution in [-0.4, -0.2) is 0 Å². The molecule has 34 heavy (non-hydrogen) atoms. The van der Waals surface area contributed by atoms with Crippen LogP contribution >= 0.6 is 0 Å². The molecule has 0 bridgehead atoms. The van der Waals surface area contributed by atoms with Gasteiger partial charge in [0.1, 0.15) is 12.1 Å². The van der Waals surface area contributed by atoms with E-state index in [1.165, 1.54) is 0 Å². The van der Waals surface area contributed by atoms with Gasteiger partial charge in [0.05, 0.1) is 72.8 Å². The van der Waals surface area contributed by atoms with Crippen molar-refractivity contribution in [3.05, 3.63) is 102 Å². The first-order valence-corrected chi connectivity index (χ1v) is 8.63. The Morgan fingerprint density at radius 3 is 1.41 bits per heavy atom. The predicted octanol–water partition coefficient (Wildman–Crippen LogP) is 4.07. The number of nitrogens with zero attached hydrogens (tertiary/aromatic N) is 10. The number of benzene rings is 1. The smallest absolute Gasteiger partial charge is 0.251 e. The van der Waals surface area contributed by atoms with Crippen molar-refractivity contribution in [2.45, 2.75) is 0 Å². The molecule has 0 amide bonds. The van der Waals surface area contributed by atoms with Crippen LogP contribution in [0.5, 0.6) is 0 Å². The minimum Gasteiger partial charge on any atom is -0.251 e. The lowest BCUT2D eigenvalue weighted by atomic mass is 9.84. The zero-order chi connectivity index (χ0) is 25.2. The highest BCUT2D eigenvalue weighted by Crippen LogP contribution is 2.55. The normalized spacial score (nSPS) is 15.2. The quantitative estimate of drug-likeness (QED) is 0.447. The van der Waals surface area contributed by atoms with Gasteiger partial charge in [0.15, 0.2) is 5.70 Å². The Kier molecular flexibility index (Phi) is 5.17. The molecule has 0 N–H and O–H groups in total. The fraction of sp³-hybridized carbons (Fsp3) is 0. The molecule has 0 radical (unpaired) electrons. The van der Waals surface area contributed by atoms with Gasteiger partial charge in [-0.2, -0.15) is 21.0 Å². The summed E-state index contributed by atoms with van der Waals surface area (Å²) >= 11 is 0. The van der Waals surface area contributed by atoms with Gasteiger partial charge >= 0.3 is 0 Å². The molecule has 0 saturated carbocycles. The van der Waals surface area contributed by atoms with Crippen LogP contribution in [0.4, 0.5) is 0 Å². The van der Waals surface area contributed by atoms with E-state index in [2.05, 4.69) is 19.4 Å². The van der Waals surface area contributed by atoms with Crippen molar-refractivity contribution >= 4 is 22.4 Å². The molecule has 0 atom stereocenters. The Bertz CT molecular complexity index is 1670. The number of hydrogen-bond donors (Lipinski definition) is 0. The van der Waals surface area contributed by atoms with Crippen molar-refractivity contribution in [3.63, 3.8) is 0 Å². The predicted molar refractivity (Wildman–Crippen MR) is 112 cm³/mol. The molecule has 0 aliphatic heterocycles. The van der Waals surface area contributed by atoms with Gasteiger partial charge in [0, 0.05) is 16.7 Å². The zero-order valence-corrected chi connectivity index (χ0v) is 16.5. The Balaban J connectivity index is 2.89. The van der Waals surface area contributed by atoms with Gasteiger partial charge in [-0.15, -0.1) is 0 Å². The van der Waals surface area contributed by atoms with Crippen LogP contribution < -0.4 is 0 Å². The second-order valence-electron chi connectivity index (χ2n) is 6.26. The Labute approximate surface area is 192 Å². The van der Waals surface area contributed by atoms with Crippen LogP contribution in [0.25, 0.3) is 41.8 Å². The van der Waals surface area contributed by atoms with E-state index in [1.807, 2.05) is 12.1 Å². The van der Waals surface area contributed by atoms with Crippen molar-refractivity contribution in [3.8, 4) is 36.4 Å². The summed E-state index contributed by atoms with van der Waals surface area (Å²) in [5, 5.41) is 58.6. The molecule has 3 rings (SSSR count). The third-order valence-electron chi connectivity index (χ3n) is 5.03. The monoisotopic (exact) mass is 428 g/mol. The lowest BCUT2D eigenvalue weighted by molar-refractivity contribution is 1.37. The van der Waals surface area contributed by atoms with E-state index in [-0.39, 0.29) is 50.1 Å². The molecule has 0 heterocycles. The molecule has 10 nitrogen and oxygen atoms in total. The minimum absolute atomic E-state index is 0.227. The maximum atomic E-state index is 10.1. The van der Waals surface area contributed by atoms with Gasteiger partial charge in [0.2, 0.25) is 5.70 Å². The molecule has 0 aromatic heterocycles. The molecular formula is C24N10. The Morgan fingerprint density at radius 2 is 1.00 bits per heavy atom. The second kappa shape index (κ2) is 8.07. The van der Waals surface area contributed by atoms with Gasteiger partial charge in [0.25, 0.3) is 11.4 Å². The highest BCUT2D eigenvalue weighted by molar-refractivity contribution is 6.16. The maximum absolute atomic E-state index is 10.1. The molecule has 1 aromatic carbocycles. The molecule has 10 heteroatoms. The van der Waals surface area contributed by atoms with E-state index < -0.39 is 28.4 Å². The van der Waals surface area contributed by atoms with Gasteiger partial charge in [-0.3, -0.25) is 4.85 Å². The third-order valence-corrected chi connectivity index (χ3v) is 5.03. The van der Waals surface area contributed by atoms with Crippen molar-refractivity contribution in [2.24, 2.45) is 0 Å². The maximum Gasteiger partial charge on any atom is 0.270 e. The molecular weight excluding hydrogens is 428 g/mol. The van der Waals surface area contributed by atoms with Crippen LogP contribution in [0, 0.1) is 94.3 Å². The number of nitriles is 6. The van der Waals surface area contributed by atoms with E-state index in [0.717, 1.165) is 0 Å². The first-order chi connectivity index (χ1) is 16.5. The Hall–Kier alpha value is -6.92. The van der Waals surface area contributed by atoms with Crippen molar-refractivity contribution in [1.29, 1.82) is 31.6 Å². The van der Waals surface area contributed by atoms with Crippen LogP contribution in [0.2, 0.25) is 0 Å². The summed E-state index contributed by atoms with van der Waals surface area (Å²) < 4.78 is 0. The van der Waals surface area contributed by atoms with Crippen LogP contribution in [0.1, 0.15) is 33.4 Å². The van der Waals surface area contributed by atoms with Crippen LogP contribution in [0.3, 0.4) is 0 Å². The molecule has 146 valence electrons. The summed E-state index contributed by atoms with van der Waals surface area (Å²) in [4.78, 5) is 12.8. The van der Waals surface area contributed by atoms with Gasteiger partial charge in [-0.05, 0) is 16.7 Å². The summed E-state index contributed by atoms with van der Waals surface area (Å²) in [6, 6.07) is 10.4. The third kappa shape index (κ3) is 2.45. The van der Waals surface area contributed by atoms with E-state index >= 15 is 0 Å². The molecule has 0 spiro atoms. The average molecular weight is 428 g/mol. The Morgan fingerprint density at radius 1 is 0.529 bits per heavy atom. The topological polar surface area (TPSA) is 160 Å². The summed E-state index contributed by atoms with van der Waals surface area (Å²) in [7, 11) is 0. The lowest BCUT2D eigenvalue weighted by Crippen LogP contribution is -2.04. The van der Waals surface area contributed by atoms with Crippen molar-refractivity contribution < 1.29 is 0 Å². The van der Waals surface area contributed by atoms with Crippen LogP contribution in [-0.2, 0) is 0 Å². The number of hydrogen-bond acceptors (Lipinski definition) is 6. The summed E-state index contributed by atoms with van der Waals surface area (Å²) in [6.45, 7) is 29.7. The largest absolute Gasteiger partial charge is 0.270 e. The summed E-state index contributed by atoms with van der Waals surface area (Å²) in [5.41, 5.74) is -5.17. The van der Waals surface area contributed by atoms with Gasteiger partial charge < -0.3 is 0 Å². The fourth-order valence-electron chi connectivity index (χ4n) is 3.87. The van der Waals surface area contributed by atoms with E-state index in [0.29, 0.717) is 0 Å². The van der Waals surface area contributed by atoms with E-state index in [1.54, 1.807) is 24.3 Å². The number of rotatable bonds is 0. The van der Waals surface area contributed by atoms with Crippen molar-refractivity contribution in [2.75, 3.05) is 0 Å². The zero-order valence-electron chi connectivity index (χ0n) is 16.5. The van der Waals surface area contributed by atoms with Gasteiger partial charge in [-0.1, -0.05) is 0 Å². The standard InChI is InChI=1S/C24N10/c1-31-15(9-29)18-12(6-26)11(5-25)17-13(7-27)20-21(14(8-28)19(17)18)23(33-3)24(34-4)22(20)16(10-30)32-2/b18-15-,22-16-. The van der Waals surface area contributed by atoms with E-state index in [9.17, 15) is 31.6 Å². The fourth-order valence-corrected chi connectivity index (χ4v) is 3.87. The molecule has 2 aliphatic carbocycles. The summed E-state index contributed by atoms with van der Waals surface area (Å²) in [6.07, 6.45) is 0. The average Bonchev–Trinajstić information content (AvgIpc) is 3.37.